The fourth-order valence-corrected chi connectivity index (χ4v) is 2.81. The van der Waals surface area contributed by atoms with E-state index in [1.807, 2.05) is 0 Å². The number of aliphatic hydroxyl groups excluding tert-OH is 1. The molecule has 0 saturated heterocycles. The van der Waals surface area contributed by atoms with Crippen LogP contribution in [0.15, 0.2) is 36.3 Å². The first kappa shape index (κ1) is 13.9. The fraction of sp³-hybridized carbons (Fsp3) is 0.438. The van der Waals surface area contributed by atoms with Crippen molar-refractivity contribution in [3.05, 3.63) is 36.3 Å². The molecule has 5 heteroatoms. The Morgan fingerprint density at radius 2 is 2.10 bits per heavy atom. The quantitative estimate of drug-likeness (QED) is 0.923. The molecular formula is C16H18O5. The smallest absolute Gasteiger partial charge is 0.207 e. The van der Waals surface area contributed by atoms with Gasteiger partial charge in [-0.1, -0.05) is 6.07 Å². The number of ether oxygens (including phenoxy) is 3. The molecule has 1 fully saturated rings. The Morgan fingerprint density at radius 1 is 1.29 bits per heavy atom. The lowest BCUT2D eigenvalue weighted by Gasteiger charge is -2.35. The molecular weight excluding hydrogens is 272 g/mol. The number of carbonyl (C=O) groups excluding carboxylic acids is 1. The molecule has 1 aliphatic carbocycles. The summed E-state index contributed by atoms with van der Waals surface area (Å²) in [6.07, 6.45) is 2.50. The number of Topliss-reactive ketones (excluding diaryl/α,β-unsaturated/α-hetero) is 1. The normalized spacial score (nSPS) is 28.2. The van der Waals surface area contributed by atoms with E-state index in [2.05, 4.69) is 0 Å². The zero-order valence-corrected chi connectivity index (χ0v) is 11.8. The van der Waals surface area contributed by atoms with Gasteiger partial charge in [0.05, 0.1) is 19.1 Å². The van der Waals surface area contributed by atoms with Crippen molar-refractivity contribution in [1.29, 1.82) is 0 Å². The number of hydrogen-bond donors (Lipinski definition) is 1. The number of ketones is 1. The topological polar surface area (TPSA) is 65.0 Å². The molecule has 1 N–H and O–H groups in total. The van der Waals surface area contributed by atoms with Gasteiger partial charge in [-0.2, -0.15) is 0 Å². The number of benzene rings is 1. The van der Waals surface area contributed by atoms with Crippen molar-refractivity contribution in [1.82, 2.24) is 0 Å². The van der Waals surface area contributed by atoms with Crippen molar-refractivity contribution in [2.24, 2.45) is 5.92 Å². The van der Waals surface area contributed by atoms with Gasteiger partial charge in [0.15, 0.2) is 0 Å². The van der Waals surface area contributed by atoms with E-state index < -0.39 is 0 Å². The first-order chi connectivity index (χ1) is 10.2. The van der Waals surface area contributed by atoms with Gasteiger partial charge in [0, 0.05) is 12.5 Å². The summed E-state index contributed by atoms with van der Waals surface area (Å²) in [5, 5.41) is 9.64. The van der Waals surface area contributed by atoms with Crippen LogP contribution in [0.4, 0.5) is 0 Å². The second kappa shape index (κ2) is 5.77. The summed E-state index contributed by atoms with van der Waals surface area (Å²) in [4.78, 5) is 12.4. The van der Waals surface area contributed by atoms with Crippen LogP contribution in [0.5, 0.6) is 11.5 Å². The zero-order valence-electron chi connectivity index (χ0n) is 11.8. The Balaban J connectivity index is 1.75. The molecule has 3 atom stereocenters. The van der Waals surface area contributed by atoms with E-state index in [4.69, 9.17) is 14.2 Å². The first-order valence-corrected chi connectivity index (χ1v) is 7.07. The molecule has 1 aliphatic heterocycles. The van der Waals surface area contributed by atoms with E-state index in [-0.39, 0.29) is 29.7 Å². The molecule has 1 aromatic carbocycles. The van der Waals surface area contributed by atoms with E-state index in [9.17, 15) is 9.90 Å². The largest absolute Gasteiger partial charge is 0.497 e. The number of rotatable bonds is 3. The lowest BCUT2D eigenvalue weighted by Crippen LogP contribution is -2.41. The zero-order chi connectivity index (χ0) is 14.8. The van der Waals surface area contributed by atoms with Gasteiger partial charge >= 0.3 is 0 Å². The lowest BCUT2D eigenvalue weighted by atomic mass is 9.80. The maximum atomic E-state index is 12.4. The van der Waals surface area contributed by atoms with Gasteiger partial charge in [0.1, 0.15) is 23.9 Å². The minimum atomic E-state index is -0.381. The van der Waals surface area contributed by atoms with Crippen molar-refractivity contribution in [2.45, 2.75) is 31.5 Å². The second-order valence-corrected chi connectivity index (χ2v) is 5.38. The highest BCUT2D eigenvalue weighted by molar-refractivity contribution is 5.96. The molecule has 0 radical (unpaired) electrons. The van der Waals surface area contributed by atoms with E-state index in [0.29, 0.717) is 30.8 Å². The van der Waals surface area contributed by atoms with Crippen molar-refractivity contribution in [2.75, 3.05) is 7.11 Å². The number of hydrogen-bond acceptors (Lipinski definition) is 5. The van der Waals surface area contributed by atoms with Crippen LogP contribution in [0.1, 0.15) is 19.3 Å². The molecule has 0 amide bonds. The summed E-state index contributed by atoms with van der Waals surface area (Å²) >= 11 is 0. The molecule has 1 saturated carbocycles. The van der Waals surface area contributed by atoms with E-state index in [0.717, 1.165) is 0 Å². The Labute approximate surface area is 123 Å². The van der Waals surface area contributed by atoms with Crippen LogP contribution in [0, 0.1) is 5.92 Å². The van der Waals surface area contributed by atoms with Crippen molar-refractivity contribution in [3.8, 4) is 11.5 Å². The lowest BCUT2D eigenvalue weighted by molar-refractivity contribution is -0.132. The van der Waals surface area contributed by atoms with E-state index in [1.165, 1.54) is 6.26 Å². The maximum Gasteiger partial charge on any atom is 0.207 e. The van der Waals surface area contributed by atoms with E-state index in [1.54, 1.807) is 31.4 Å². The second-order valence-electron chi connectivity index (χ2n) is 5.38. The summed E-state index contributed by atoms with van der Waals surface area (Å²) in [5.74, 6) is 1.13. The van der Waals surface area contributed by atoms with Gasteiger partial charge in [0.25, 0.3) is 0 Å². The third-order valence-corrected chi connectivity index (χ3v) is 3.96. The highest BCUT2D eigenvalue weighted by Gasteiger charge is 2.40. The number of carbonyl (C=O) groups is 1. The number of allylic oxidation sites excluding steroid dienone is 1. The Morgan fingerprint density at radius 3 is 2.90 bits per heavy atom. The highest BCUT2D eigenvalue weighted by Crippen LogP contribution is 2.34. The highest BCUT2D eigenvalue weighted by atomic mass is 16.5. The van der Waals surface area contributed by atoms with Crippen LogP contribution in [0.3, 0.4) is 0 Å². The minimum Gasteiger partial charge on any atom is -0.497 e. The van der Waals surface area contributed by atoms with Gasteiger partial charge in [0.2, 0.25) is 11.5 Å². The third kappa shape index (κ3) is 2.88. The maximum absolute atomic E-state index is 12.4. The van der Waals surface area contributed by atoms with Gasteiger partial charge in [-0.15, -0.1) is 0 Å². The van der Waals surface area contributed by atoms with E-state index >= 15 is 0 Å². The standard InChI is InChI=1S/C16H18O5/c1-19-11-3-2-4-12(8-11)21-15-9-20-14-7-10(17)5-6-13(14)16(15)18/h2-4,8-10,13-14,17H,5-7H2,1H3. The molecule has 2 aliphatic rings. The third-order valence-electron chi connectivity index (χ3n) is 3.96. The van der Waals surface area contributed by atoms with Gasteiger partial charge in [-0.25, -0.2) is 0 Å². The molecule has 0 spiro atoms. The predicted octanol–water partition coefficient (Wildman–Crippen LogP) is 2.04. The average Bonchev–Trinajstić information content (AvgIpc) is 2.50. The Kier molecular flexibility index (Phi) is 3.84. The monoisotopic (exact) mass is 290 g/mol. The van der Waals surface area contributed by atoms with Crippen molar-refractivity contribution >= 4 is 5.78 Å². The number of methoxy groups -OCH3 is 1. The molecule has 1 heterocycles. The molecule has 1 aromatic rings. The van der Waals surface area contributed by atoms with Crippen LogP contribution in [0.25, 0.3) is 0 Å². The number of fused-ring (bicyclic) bond motifs is 1. The molecule has 0 bridgehead atoms. The first-order valence-electron chi connectivity index (χ1n) is 7.07. The SMILES string of the molecule is COc1cccc(OC2=COC3CC(O)CCC3C2=O)c1. The molecule has 3 unspecified atom stereocenters. The van der Waals surface area contributed by atoms with Crippen LogP contribution in [0.2, 0.25) is 0 Å². The number of aliphatic hydroxyl groups is 1. The van der Waals surface area contributed by atoms with Crippen LogP contribution < -0.4 is 9.47 Å². The van der Waals surface area contributed by atoms with Crippen LogP contribution >= 0.6 is 0 Å². The summed E-state index contributed by atoms with van der Waals surface area (Å²) in [6.45, 7) is 0. The van der Waals surface area contributed by atoms with Crippen LogP contribution in [-0.2, 0) is 9.53 Å². The molecule has 0 aromatic heterocycles. The van der Waals surface area contributed by atoms with Crippen molar-refractivity contribution < 1.29 is 24.1 Å². The Hall–Kier alpha value is -2.01. The molecule has 3 rings (SSSR count). The summed E-state index contributed by atoms with van der Waals surface area (Å²) in [6, 6.07) is 7.07. The molecule has 21 heavy (non-hydrogen) atoms. The average molecular weight is 290 g/mol. The molecule has 112 valence electrons. The molecule has 5 nitrogen and oxygen atoms in total. The minimum absolute atomic E-state index is 0.0547. The van der Waals surface area contributed by atoms with Crippen molar-refractivity contribution in [3.63, 3.8) is 0 Å². The van der Waals surface area contributed by atoms with Gasteiger partial charge in [-0.05, 0) is 25.0 Å². The van der Waals surface area contributed by atoms with Gasteiger partial charge in [-0.3, -0.25) is 4.79 Å². The fourth-order valence-electron chi connectivity index (χ4n) is 2.81. The Bertz CT molecular complexity index is 566. The summed E-state index contributed by atoms with van der Waals surface area (Å²) in [7, 11) is 1.57. The van der Waals surface area contributed by atoms with Gasteiger partial charge < -0.3 is 19.3 Å². The predicted molar refractivity (Wildman–Crippen MR) is 74.9 cm³/mol. The summed E-state index contributed by atoms with van der Waals surface area (Å²) < 4.78 is 16.3. The summed E-state index contributed by atoms with van der Waals surface area (Å²) in [5.41, 5.74) is 0. The van der Waals surface area contributed by atoms with Crippen LogP contribution in [-0.4, -0.2) is 30.2 Å².